The van der Waals surface area contributed by atoms with Gasteiger partial charge in [0.1, 0.15) is 5.75 Å². The van der Waals surface area contributed by atoms with Crippen LogP contribution in [0.25, 0.3) is 0 Å². The second kappa shape index (κ2) is 11.0. The maximum absolute atomic E-state index is 13.5. The van der Waals surface area contributed by atoms with E-state index in [-0.39, 0.29) is 0 Å². The number of hydrogen-bond donors (Lipinski definition) is 2. The topological polar surface area (TPSA) is 66.4 Å². The minimum Gasteiger partial charge on any atom is -0.323 e. The van der Waals surface area contributed by atoms with E-state index < -0.39 is 81.3 Å². The van der Waals surface area contributed by atoms with Crippen LogP contribution in [0, 0.1) is 0 Å². The van der Waals surface area contributed by atoms with E-state index in [9.17, 15) is 109 Å². The lowest BCUT2D eigenvalue weighted by atomic mass is 9.85. The Morgan fingerprint density at radius 1 is 0.429 bits per heavy atom. The van der Waals surface area contributed by atoms with Crippen molar-refractivity contribution < 1.29 is 114 Å². The summed E-state index contributed by atoms with van der Waals surface area (Å²) >= 11 is 0. The van der Waals surface area contributed by atoms with Crippen LogP contribution in [0.2, 0.25) is 0 Å². The second-order valence-corrected chi connectivity index (χ2v) is 9.05. The molecule has 0 aromatic carbocycles. The maximum atomic E-state index is 13.5. The highest BCUT2D eigenvalue weighted by molar-refractivity contribution is 7.85. The minimum absolute atomic E-state index is 1.88. The fourth-order valence-electron chi connectivity index (χ4n) is 2.11. The molecule has 42 heavy (non-hydrogen) atoms. The summed E-state index contributed by atoms with van der Waals surface area (Å²) in [5, 5.41) is 2.75. The van der Waals surface area contributed by atoms with Crippen molar-refractivity contribution in [1.29, 1.82) is 0 Å². The number of halogens is 23. The van der Waals surface area contributed by atoms with Gasteiger partial charge < -0.3 is 5.32 Å². The van der Waals surface area contributed by atoms with Gasteiger partial charge in [0.15, 0.2) is 0 Å². The van der Waals surface area contributed by atoms with E-state index >= 15 is 0 Å². The third-order valence-corrected chi connectivity index (χ3v) is 5.06. The van der Waals surface area contributed by atoms with Crippen molar-refractivity contribution in [2.45, 2.75) is 65.4 Å². The first-order chi connectivity index (χ1) is 17.6. The van der Waals surface area contributed by atoms with Gasteiger partial charge in [0, 0.05) is 0 Å². The van der Waals surface area contributed by atoms with Crippen LogP contribution in [0.4, 0.5) is 101 Å². The van der Waals surface area contributed by atoms with Crippen LogP contribution in [0.15, 0.2) is 0 Å². The van der Waals surface area contributed by atoms with E-state index in [0.717, 1.165) is 0 Å². The summed E-state index contributed by atoms with van der Waals surface area (Å²) < 4.78 is 329. The van der Waals surface area contributed by atoms with Gasteiger partial charge in [-0.05, 0) is 14.1 Å². The number of nitrogens with one attached hydrogen (secondary N) is 1. The summed E-state index contributed by atoms with van der Waals surface area (Å²) in [6.45, 7) is 0. The Morgan fingerprint density at radius 2 is 0.595 bits per heavy atom. The van der Waals surface area contributed by atoms with E-state index in [4.69, 9.17) is 4.55 Å². The molecule has 0 saturated heterocycles. The summed E-state index contributed by atoms with van der Waals surface area (Å²) in [6, 6.07) is 0. The average Bonchev–Trinajstić information content (AvgIpc) is 2.70. The summed E-state index contributed by atoms with van der Waals surface area (Å²) in [6.07, 6.45) is -8.15. The monoisotopic (exact) mass is 709 g/mol. The van der Waals surface area contributed by atoms with Crippen molar-refractivity contribution >= 4 is 10.1 Å². The molecule has 0 rings (SSSR count). The van der Waals surface area contributed by atoms with Crippen LogP contribution in [-0.4, -0.2) is 98.2 Å². The molecule has 256 valence electrons. The standard InChI is InChI=1S/C12H3F23O3S.C2H7N/c13-2(14,1-39(36,37)38)3(15,16)4(17,18)5(19,20)6(21,22)7(23,24)8(25,26)9(27,28)10(29,30)11(31,32)12(33,34)35;1-3-2/h1H2,(H,36,37,38);3H,1-2H3. The lowest BCUT2D eigenvalue weighted by molar-refractivity contribution is -0.478. The molecule has 0 radical (unpaired) electrons. The lowest BCUT2D eigenvalue weighted by Gasteiger charge is -2.45. The van der Waals surface area contributed by atoms with Gasteiger partial charge in [0.25, 0.3) is 10.1 Å². The highest BCUT2D eigenvalue weighted by atomic mass is 32.2. The van der Waals surface area contributed by atoms with Crippen molar-refractivity contribution in [1.82, 2.24) is 5.32 Å². The molecule has 0 fully saturated rings. The van der Waals surface area contributed by atoms with Gasteiger partial charge in [0.05, 0.1) is 0 Å². The van der Waals surface area contributed by atoms with Crippen molar-refractivity contribution in [2.75, 3.05) is 19.8 Å². The molecule has 28 heteroatoms. The summed E-state index contributed by atoms with van der Waals surface area (Å²) in [7, 11) is -2.98. The molecule has 0 heterocycles. The quantitative estimate of drug-likeness (QED) is 0.187. The number of hydrogen-bond acceptors (Lipinski definition) is 3. The molecule has 0 unspecified atom stereocenters. The summed E-state index contributed by atoms with van der Waals surface area (Å²) in [4.78, 5) is 0. The first kappa shape index (κ1) is 42.4. The molecule has 0 aliphatic heterocycles. The van der Waals surface area contributed by atoms with E-state index in [1.165, 1.54) is 0 Å². The Balaban J connectivity index is 0. The number of alkyl halides is 23. The zero-order valence-electron chi connectivity index (χ0n) is 19.1. The van der Waals surface area contributed by atoms with Crippen molar-refractivity contribution in [2.24, 2.45) is 0 Å². The molecule has 4 nitrogen and oxygen atoms in total. The van der Waals surface area contributed by atoms with E-state index in [2.05, 4.69) is 5.32 Å². The van der Waals surface area contributed by atoms with Gasteiger partial charge in [-0.2, -0.15) is 109 Å². The Hall–Kier alpha value is -1.74. The van der Waals surface area contributed by atoms with E-state index in [1.54, 1.807) is 0 Å². The van der Waals surface area contributed by atoms with Crippen LogP contribution in [0.1, 0.15) is 0 Å². The maximum Gasteiger partial charge on any atom is 0.460 e. The molecule has 0 aliphatic carbocycles. The van der Waals surface area contributed by atoms with E-state index in [1.807, 2.05) is 14.1 Å². The third-order valence-electron chi connectivity index (χ3n) is 4.33. The van der Waals surface area contributed by atoms with Crippen LogP contribution in [0.3, 0.4) is 0 Å². The molecule has 0 aromatic heterocycles. The zero-order chi connectivity index (χ0) is 35.4. The fraction of sp³-hybridized carbons (Fsp3) is 1.00. The highest BCUT2D eigenvalue weighted by Gasteiger charge is 2.98. The molecular weight excluding hydrogens is 699 g/mol. The molecule has 0 amide bonds. The predicted molar refractivity (Wildman–Crippen MR) is 86.9 cm³/mol. The van der Waals surface area contributed by atoms with Crippen LogP contribution in [0.5, 0.6) is 0 Å². The first-order valence-corrected chi connectivity index (χ1v) is 10.6. The lowest BCUT2D eigenvalue weighted by Crippen LogP contribution is -2.77. The Bertz CT molecular complexity index is 1050. The fourth-order valence-corrected chi connectivity index (χ4v) is 2.75. The summed E-state index contributed by atoms with van der Waals surface area (Å²) in [5.74, 6) is -94.0. The van der Waals surface area contributed by atoms with Crippen molar-refractivity contribution in [3.8, 4) is 0 Å². The smallest absolute Gasteiger partial charge is 0.323 e. The highest BCUT2D eigenvalue weighted by Crippen LogP contribution is 2.67. The third kappa shape index (κ3) is 5.98. The minimum atomic E-state index is -9.53. The Morgan fingerprint density at radius 3 is 0.762 bits per heavy atom. The van der Waals surface area contributed by atoms with Crippen LogP contribution in [-0.2, 0) is 10.1 Å². The molecular formula is C14H10F23NO3S. The van der Waals surface area contributed by atoms with Gasteiger partial charge in [-0.1, -0.05) is 0 Å². The predicted octanol–water partition coefficient (Wildman–Crippen LogP) is 6.63. The molecule has 0 bridgehead atoms. The second-order valence-electron chi connectivity index (χ2n) is 7.60. The normalized spacial score (nSPS) is 16.2. The Kier molecular flexibility index (Phi) is 11.1. The summed E-state index contributed by atoms with van der Waals surface area (Å²) in [5.41, 5.74) is 0. The average molecular weight is 709 g/mol. The molecule has 0 saturated carbocycles. The van der Waals surface area contributed by atoms with Crippen LogP contribution >= 0.6 is 0 Å². The van der Waals surface area contributed by atoms with Gasteiger partial charge in [-0.15, -0.1) is 0 Å². The first-order valence-electron chi connectivity index (χ1n) is 9.00. The number of rotatable bonds is 11. The van der Waals surface area contributed by atoms with Gasteiger partial charge in [0.2, 0.25) is 0 Å². The molecule has 2 N–H and O–H groups in total. The van der Waals surface area contributed by atoms with Crippen LogP contribution < -0.4 is 5.32 Å². The molecule has 0 spiro atoms. The van der Waals surface area contributed by atoms with Gasteiger partial charge in [-0.25, -0.2) is 0 Å². The molecule has 0 aliphatic rings. The largest absolute Gasteiger partial charge is 0.460 e. The molecule has 0 aromatic rings. The zero-order valence-corrected chi connectivity index (χ0v) is 19.9. The van der Waals surface area contributed by atoms with Gasteiger partial charge in [-0.3, -0.25) is 4.55 Å². The van der Waals surface area contributed by atoms with Gasteiger partial charge >= 0.3 is 65.4 Å². The molecule has 0 atom stereocenters. The van der Waals surface area contributed by atoms with Crippen molar-refractivity contribution in [3.05, 3.63) is 0 Å². The Labute approximate surface area is 215 Å². The SMILES string of the molecule is CNC.O=S(=O)(O)CC(F)(F)C(F)(F)C(F)(F)C(F)(F)C(F)(F)C(F)(F)C(F)(F)C(F)(F)C(F)(F)C(F)(F)C(F)(F)F. The van der Waals surface area contributed by atoms with Crippen molar-refractivity contribution in [3.63, 3.8) is 0 Å². The van der Waals surface area contributed by atoms with E-state index in [0.29, 0.717) is 0 Å².